The maximum atomic E-state index is 12.8. The second-order valence-electron chi connectivity index (χ2n) is 7.04. The molecule has 3 aromatic rings. The molecule has 30 heavy (non-hydrogen) atoms. The van der Waals surface area contributed by atoms with Crippen molar-refractivity contribution < 1.29 is 13.2 Å². The molecule has 1 N–H and O–H groups in total. The average molecular weight is 446 g/mol. The third-order valence-corrected chi connectivity index (χ3v) is 8.20. The molecule has 10 heteroatoms. The van der Waals surface area contributed by atoms with Gasteiger partial charge in [-0.05, 0) is 44.0 Å². The van der Waals surface area contributed by atoms with Gasteiger partial charge >= 0.3 is 0 Å². The van der Waals surface area contributed by atoms with E-state index in [9.17, 15) is 8.42 Å². The number of aromatic nitrogens is 2. The van der Waals surface area contributed by atoms with Gasteiger partial charge in [0.25, 0.3) is 0 Å². The fourth-order valence-corrected chi connectivity index (χ4v) is 5.68. The molecule has 0 amide bonds. The van der Waals surface area contributed by atoms with Crippen LogP contribution in [-0.2, 0) is 14.8 Å². The number of morpholine rings is 1. The standard InChI is InChI=1S/C20H23N5O3S2/c1-13-15(3)29-20-18(13)19(21-12-22-20)24-23-14(2)16-4-6-17(7-5-16)30(26,27)25-8-10-28-11-9-25/h4-7,12H,8-11H2,1-3H3,(H,21,22,24)/b23-14+. The van der Waals surface area contributed by atoms with Crippen LogP contribution in [0.25, 0.3) is 10.2 Å². The summed E-state index contributed by atoms with van der Waals surface area (Å²) in [7, 11) is -3.50. The second-order valence-corrected chi connectivity index (χ2v) is 10.2. The first kappa shape index (κ1) is 20.9. The number of thiophene rings is 1. The molecule has 0 aliphatic carbocycles. The van der Waals surface area contributed by atoms with Crippen molar-refractivity contribution in [2.75, 3.05) is 31.7 Å². The van der Waals surface area contributed by atoms with Gasteiger partial charge in [0.1, 0.15) is 11.2 Å². The maximum absolute atomic E-state index is 12.8. The fourth-order valence-electron chi connectivity index (χ4n) is 3.27. The number of aryl methyl sites for hydroxylation is 2. The quantitative estimate of drug-likeness (QED) is 0.479. The lowest BCUT2D eigenvalue weighted by atomic mass is 10.1. The fraction of sp³-hybridized carbons (Fsp3) is 0.350. The highest BCUT2D eigenvalue weighted by Gasteiger charge is 2.26. The molecule has 0 saturated carbocycles. The smallest absolute Gasteiger partial charge is 0.243 e. The number of hydrazone groups is 1. The van der Waals surface area contributed by atoms with E-state index in [1.54, 1.807) is 35.6 Å². The van der Waals surface area contributed by atoms with Gasteiger partial charge in [-0.3, -0.25) is 5.43 Å². The first-order valence-corrected chi connectivity index (χ1v) is 11.8. The SMILES string of the molecule is C/C(=N\Nc1ncnc2sc(C)c(C)c12)c1ccc(S(=O)(=O)N2CCOCC2)cc1. The maximum Gasteiger partial charge on any atom is 0.243 e. The molecule has 0 spiro atoms. The molecule has 1 aromatic carbocycles. The highest BCUT2D eigenvalue weighted by atomic mass is 32.2. The molecule has 1 aliphatic rings. The van der Waals surface area contributed by atoms with Gasteiger partial charge in [-0.1, -0.05) is 12.1 Å². The van der Waals surface area contributed by atoms with Gasteiger partial charge < -0.3 is 4.74 Å². The lowest BCUT2D eigenvalue weighted by Gasteiger charge is -2.26. The Labute approximate surface area is 179 Å². The lowest BCUT2D eigenvalue weighted by Crippen LogP contribution is -2.40. The highest BCUT2D eigenvalue weighted by molar-refractivity contribution is 7.89. The minimum absolute atomic E-state index is 0.274. The second kappa shape index (κ2) is 8.38. The van der Waals surface area contributed by atoms with Crippen LogP contribution in [0, 0.1) is 13.8 Å². The molecule has 1 aliphatic heterocycles. The molecule has 158 valence electrons. The van der Waals surface area contributed by atoms with Crippen molar-refractivity contribution in [1.82, 2.24) is 14.3 Å². The van der Waals surface area contributed by atoms with Gasteiger partial charge in [0.15, 0.2) is 5.82 Å². The Morgan fingerprint density at radius 3 is 2.57 bits per heavy atom. The minimum Gasteiger partial charge on any atom is -0.379 e. The van der Waals surface area contributed by atoms with E-state index in [-0.39, 0.29) is 4.90 Å². The number of benzene rings is 1. The summed E-state index contributed by atoms with van der Waals surface area (Å²) in [5.41, 5.74) is 5.73. The number of hydrogen-bond acceptors (Lipinski definition) is 8. The molecule has 1 saturated heterocycles. The number of ether oxygens (including phenoxy) is 1. The predicted molar refractivity (Wildman–Crippen MR) is 119 cm³/mol. The van der Waals surface area contributed by atoms with Crippen LogP contribution in [-0.4, -0.2) is 54.7 Å². The molecule has 0 atom stereocenters. The summed E-state index contributed by atoms with van der Waals surface area (Å²) in [4.78, 5) is 11.1. The molecule has 2 aromatic heterocycles. The van der Waals surface area contributed by atoms with Crippen LogP contribution in [0.3, 0.4) is 0 Å². The Balaban J connectivity index is 1.54. The van der Waals surface area contributed by atoms with E-state index in [1.165, 1.54) is 15.5 Å². The topological polar surface area (TPSA) is 96.8 Å². The van der Waals surface area contributed by atoms with Crippen LogP contribution in [0.2, 0.25) is 0 Å². The largest absolute Gasteiger partial charge is 0.379 e. The number of nitrogens with zero attached hydrogens (tertiary/aromatic N) is 4. The van der Waals surface area contributed by atoms with E-state index in [0.717, 1.165) is 27.1 Å². The normalized spacial score (nSPS) is 16.2. The van der Waals surface area contributed by atoms with Gasteiger partial charge in [-0.25, -0.2) is 18.4 Å². The molecule has 0 bridgehead atoms. The van der Waals surface area contributed by atoms with Crippen molar-refractivity contribution in [2.45, 2.75) is 25.7 Å². The zero-order chi connectivity index (χ0) is 21.3. The Kier molecular flexibility index (Phi) is 5.83. The molecular formula is C20H23N5O3S2. The van der Waals surface area contributed by atoms with E-state index < -0.39 is 10.0 Å². The Morgan fingerprint density at radius 1 is 1.17 bits per heavy atom. The number of anilines is 1. The predicted octanol–water partition coefficient (Wildman–Crippen LogP) is 3.17. The third kappa shape index (κ3) is 3.95. The zero-order valence-corrected chi connectivity index (χ0v) is 18.7. The summed E-state index contributed by atoms with van der Waals surface area (Å²) < 4.78 is 32.2. The van der Waals surface area contributed by atoms with E-state index in [0.29, 0.717) is 32.1 Å². The molecule has 3 heterocycles. The van der Waals surface area contributed by atoms with Crippen molar-refractivity contribution in [1.29, 1.82) is 0 Å². The minimum atomic E-state index is -3.50. The summed E-state index contributed by atoms with van der Waals surface area (Å²) in [6, 6.07) is 6.77. The van der Waals surface area contributed by atoms with Gasteiger partial charge in [0.2, 0.25) is 10.0 Å². The van der Waals surface area contributed by atoms with Gasteiger partial charge in [-0.2, -0.15) is 9.41 Å². The van der Waals surface area contributed by atoms with Crippen LogP contribution in [0.5, 0.6) is 0 Å². The van der Waals surface area contributed by atoms with Crippen molar-refractivity contribution in [3.63, 3.8) is 0 Å². The van der Waals surface area contributed by atoms with E-state index in [4.69, 9.17) is 4.74 Å². The van der Waals surface area contributed by atoms with E-state index in [1.807, 2.05) is 13.8 Å². The zero-order valence-electron chi connectivity index (χ0n) is 17.0. The van der Waals surface area contributed by atoms with Crippen LogP contribution < -0.4 is 5.43 Å². The monoisotopic (exact) mass is 445 g/mol. The van der Waals surface area contributed by atoms with Crippen LogP contribution in [0.1, 0.15) is 22.9 Å². The van der Waals surface area contributed by atoms with Crippen molar-refractivity contribution in [2.24, 2.45) is 5.10 Å². The van der Waals surface area contributed by atoms with Crippen molar-refractivity contribution in [3.8, 4) is 0 Å². The lowest BCUT2D eigenvalue weighted by molar-refractivity contribution is 0.0730. The summed E-state index contributed by atoms with van der Waals surface area (Å²) in [5, 5.41) is 5.43. The van der Waals surface area contributed by atoms with Crippen LogP contribution >= 0.6 is 11.3 Å². The number of hydrogen-bond donors (Lipinski definition) is 1. The summed E-state index contributed by atoms with van der Waals surface area (Å²) >= 11 is 1.63. The third-order valence-electron chi connectivity index (χ3n) is 5.17. The molecular weight excluding hydrogens is 422 g/mol. The van der Waals surface area contributed by atoms with E-state index >= 15 is 0 Å². The average Bonchev–Trinajstić information content (AvgIpc) is 3.07. The summed E-state index contributed by atoms with van der Waals surface area (Å²) in [6.07, 6.45) is 1.52. The molecule has 1 fully saturated rings. The number of nitrogens with one attached hydrogen (secondary N) is 1. The van der Waals surface area contributed by atoms with Crippen molar-refractivity contribution >= 4 is 43.1 Å². The molecule has 8 nitrogen and oxygen atoms in total. The van der Waals surface area contributed by atoms with Crippen molar-refractivity contribution in [3.05, 3.63) is 46.6 Å². The number of rotatable bonds is 5. The Bertz CT molecular complexity index is 1200. The molecule has 0 radical (unpaired) electrons. The Morgan fingerprint density at radius 2 is 1.87 bits per heavy atom. The van der Waals surface area contributed by atoms with Crippen LogP contribution in [0.15, 0.2) is 40.6 Å². The number of fused-ring (bicyclic) bond motifs is 1. The number of sulfonamides is 1. The Hall–Kier alpha value is -2.40. The highest BCUT2D eigenvalue weighted by Crippen LogP contribution is 2.32. The first-order valence-electron chi connectivity index (χ1n) is 9.57. The van der Waals surface area contributed by atoms with E-state index in [2.05, 4.69) is 27.4 Å². The summed E-state index contributed by atoms with van der Waals surface area (Å²) in [6.45, 7) is 7.58. The van der Waals surface area contributed by atoms with Gasteiger partial charge in [-0.15, -0.1) is 11.3 Å². The first-order chi connectivity index (χ1) is 14.4. The summed E-state index contributed by atoms with van der Waals surface area (Å²) in [5.74, 6) is 0.660. The molecule has 0 unspecified atom stereocenters. The van der Waals surface area contributed by atoms with Crippen LogP contribution in [0.4, 0.5) is 5.82 Å². The van der Waals surface area contributed by atoms with Gasteiger partial charge in [0.05, 0.1) is 29.2 Å². The molecule has 4 rings (SSSR count). The van der Waals surface area contributed by atoms with Gasteiger partial charge in [0, 0.05) is 18.0 Å².